The summed E-state index contributed by atoms with van der Waals surface area (Å²) in [5.41, 5.74) is 2.21. The van der Waals surface area contributed by atoms with Gasteiger partial charge in [0.2, 0.25) is 11.8 Å². The second kappa shape index (κ2) is 7.88. The maximum atomic E-state index is 12.9. The van der Waals surface area contributed by atoms with E-state index < -0.39 is 12.0 Å². The van der Waals surface area contributed by atoms with Gasteiger partial charge in [0.05, 0.1) is 6.54 Å². The SMILES string of the molecule is Cc1ccc(CN2C(=O)CC[C@@H]2C(=O)N(C)Cc2cc(C(=O)O)c(C)o2)cc1. The molecule has 3 rings (SSSR count). The summed E-state index contributed by atoms with van der Waals surface area (Å²) in [6, 6.07) is 8.81. The van der Waals surface area contributed by atoms with Crippen molar-refractivity contribution in [3.8, 4) is 0 Å². The number of carbonyl (C=O) groups is 3. The second-order valence-electron chi connectivity index (χ2n) is 7.24. The molecule has 0 saturated carbocycles. The van der Waals surface area contributed by atoms with Gasteiger partial charge in [0, 0.05) is 20.0 Å². The molecule has 1 N–H and O–H groups in total. The first-order valence-electron chi connectivity index (χ1n) is 9.19. The lowest BCUT2D eigenvalue weighted by Gasteiger charge is -2.28. The number of hydrogen-bond donors (Lipinski definition) is 1. The van der Waals surface area contributed by atoms with Crippen LogP contribution in [0, 0.1) is 13.8 Å². The Morgan fingerprint density at radius 3 is 2.54 bits per heavy atom. The van der Waals surface area contributed by atoms with Gasteiger partial charge in [-0.15, -0.1) is 0 Å². The van der Waals surface area contributed by atoms with E-state index in [-0.39, 0.29) is 23.9 Å². The summed E-state index contributed by atoms with van der Waals surface area (Å²) in [6.07, 6.45) is 0.824. The van der Waals surface area contributed by atoms with Crippen LogP contribution in [0.4, 0.5) is 0 Å². The third-order valence-corrected chi connectivity index (χ3v) is 5.06. The van der Waals surface area contributed by atoms with E-state index in [1.807, 2.05) is 31.2 Å². The van der Waals surface area contributed by atoms with Crippen LogP contribution >= 0.6 is 0 Å². The largest absolute Gasteiger partial charge is 0.478 e. The van der Waals surface area contributed by atoms with E-state index in [4.69, 9.17) is 9.52 Å². The van der Waals surface area contributed by atoms with Gasteiger partial charge in [-0.1, -0.05) is 29.8 Å². The van der Waals surface area contributed by atoms with Gasteiger partial charge < -0.3 is 19.3 Å². The zero-order valence-corrected chi connectivity index (χ0v) is 16.3. The Labute approximate surface area is 163 Å². The zero-order valence-electron chi connectivity index (χ0n) is 16.3. The van der Waals surface area contributed by atoms with Gasteiger partial charge in [0.25, 0.3) is 0 Å². The molecule has 28 heavy (non-hydrogen) atoms. The van der Waals surface area contributed by atoms with Crippen molar-refractivity contribution in [3.05, 3.63) is 58.5 Å². The summed E-state index contributed by atoms with van der Waals surface area (Å²) in [6.45, 7) is 4.12. The number of carbonyl (C=O) groups excluding carboxylic acids is 2. The molecule has 1 saturated heterocycles. The first kappa shape index (κ1) is 19.7. The molecule has 7 nitrogen and oxygen atoms in total. The molecule has 7 heteroatoms. The number of furan rings is 1. The van der Waals surface area contributed by atoms with Crippen molar-refractivity contribution in [2.75, 3.05) is 7.05 Å². The summed E-state index contributed by atoms with van der Waals surface area (Å²) in [5.74, 6) is -0.564. The summed E-state index contributed by atoms with van der Waals surface area (Å²) < 4.78 is 5.46. The molecule has 0 aliphatic carbocycles. The predicted molar refractivity (Wildman–Crippen MR) is 102 cm³/mol. The van der Waals surface area contributed by atoms with E-state index in [2.05, 4.69) is 0 Å². The van der Waals surface area contributed by atoms with Crippen LogP contribution < -0.4 is 0 Å². The number of likely N-dealkylation sites (N-methyl/N-ethyl adjacent to an activating group) is 1. The smallest absolute Gasteiger partial charge is 0.339 e. The summed E-state index contributed by atoms with van der Waals surface area (Å²) >= 11 is 0. The van der Waals surface area contributed by atoms with E-state index in [1.165, 1.54) is 11.0 Å². The highest BCUT2D eigenvalue weighted by molar-refractivity contribution is 5.91. The molecule has 1 atom stereocenters. The minimum atomic E-state index is -1.06. The fraction of sp³-hybridized carbons (Fsp3) is 0.381. The van der Waals surface area contributed by atoms with Gasteiger partial charge in [0.1, 0.15) is 23.1 Å². The summed E-state index contributed by atoms with van der Waals surface area (Å²) in [4.78, 5) is 39.5. The maximum Gasteiger partial charge on any atom is 0.339 e. The minimum Gasteiger partial charge on any atom is -0.478 e. The highest BCUT2D eigenvalue weighted by Crippen LogP contribution is 2.24. The van der Waals surface area contributed by atoms with Crippen molar-refractivity contribution in [3.63, 3.8) is 0 Å². The zero-order chi connectivity index (χ0) is 20.4. The van der Waals surface area contributed by atoms with E-state index >= 15 is 0 Å². The van der Waals surface area contributed by atoms with Crippen LogP contribution in [0.25, 0.3) is 0 Å². The standard InChI is InChI=1S/C21H24N2O5/c1-13-4-6-15(7-5-13)11-23-18(8-9-19(23)24)20(25)22(3)12-16-10-17(21(26)27)14(2)28-16/h4-7,10,18H,8-9,11-12H2,1-3H3,(H,26,27)/t18-/m1/s1. The predicted octanol–water partition coefficient (Wildman–Crippen LogP) is 2.74. The number of aromatic carboxylic acids is 1. The molecule has 1 aromatic heterocycles. The summed E-state index contributed by atoms with van der Waals surface area (Å²) in [7, 11) is 1.63. The third kappa shape index (κ3) is 4.08. The third-order valence-electron chi connectivity index (χ3n) is 5.06. The van der Waals surface area contributed by atoms with Crippen LogP contribution in [-0.2, 0) is 22.7 Å². The highest BCUT2D eigenvalue weighted by atomic mass is 16.4. The average Bonchev–Trinajstić information content (AvgIpc) is 3.19. The molecule has 148 valence electrons. The lowest BCUT2D eigenvalue weighted by molar-refractivity contribution is -0.141. The van der Waals surface area contributed by atoms with Crippen molar-refractivity contribution in [2.45, 2.75) is 45.8 Å². The molecule has 0 spiro atoms. The molecular weight excluding hydrogens is 360 g/mol. The summed E-state index contributed by atoms with van der Waals surface area (Å²) in [5, 5.41) is 9.13. The fourth-order valence-electron chi connectivity index (χ4n) is 3.48. The molecule has 1 aromatic carbocycles. The van der Waals surface area contributed by atoms with E-state index in [0.717, 1.165) is 11.1 Å². The topological polar surface area (TPSA) is 91.1 Å². The molecule has 0 unspecified atom stereocenters. The van der Waals surface area contributed by atoms with Gasteiger partial charge in [-0.25, -0.2) is 4.79 Å². The number of carboxylic acid groups (broad SMARTS) is 1. The molecule has 2 amide bonds. The molecule has 1 fully saturated rings. The quantitative estimate of drug-likeness (QED) is 0.827. The van der Waals surface area contributed by atoms with Crippen LogP contribution in [-0.4, -0.2) is 45.8 Å². The Morgan fingerprint density at radius 2 is 1.93 bits per heavy atom. The van der Waals surface area contributed by atoms with Crippen LogP contribution in [0.5, 0.6) is 0 Å². The first-order chi connectivity index (χ1) is 13.3. The second-order valence-corrected chi connectivity index (χ2v) is 7.24. The number of rotatable bonds is 6. The van der Waals surface area contributed by atoms with E-state index in [0.29, 0.717) is 30.9 Å². The lowest BCUT2D eigenvalue weighted by atomic mass is 10.1. The average molecular weight is 384 g/mol. The van der Waals surface area contributed by atoms with Crippen LogP contribution in [0.3, 0.4) is 0 Å². The molecule has 0 radical (unpaired) electrons. The van der Waals surface area contributed by atoms with Crippen molar-refractivity contribution in [1.82, 2.24) is 9.80 Å². The Bertz CT molecular complexity index is 900. The Morgan fingerprint density at radius 1 is 1.25 bits per heavy atom. The number of likely N-dealkylation sites (tertiary alicyclic amines) is 1. The molecule has 0 bridgehead atoms. The number of aryl methyl sites for hydroxylation is 2. The maximum absolute atomic E-state index is 12.9. The molecule has 1 aliphatic rings. The number of carboxylic acids is 1. The van der Waals surface area contributed by atoms with Gasteiger partial charge >= 0.3 is 5.97 Å². The highest BCUT2D eigenvalue weighted by Gasteiger charge is 2.37. The fourth-order valence-corrected chi connectivity index (χ4v) is 3.48. The van der Waals surface area contributed by atoms with Gasteiger partial charge in [-0.05, 0) is 31.9 Å². The van der Waals surface area contributed by atoms with Crippen molar-refractivity contribution >= 4 is 17.8 Å². The van der Waals surface area contributed by atoms with Crippen molar-refractivity contribution in [2.24, 2.45) is 0 Å². The Kier molecular flexibility index (Phi) is 5.53. The lowest BCUT2D eigenvalue weighted by Crippen LogP contribution is -2.44. The van der Waals surface area contributed by atoms with Crippen molar-refractivity contribution in [1.29, 1.82) is 0 Å². The van der Waals surface area contributed by atoms with E-state index in [9.17, 15) is 14.4 Å². The number of amides is 2. The van der Waals surface area contributed by atoms with E-state index in [1.54, 1.807) is 18.9 Å². The molecule has 2 heterocycles. The molecule has 1 aliphatic heterocycles. The molecular formula is C21H24N2O5. The normalized spacial score (nSPS) is 16.5. The number of hydrogen-bond acceptors (Lipinski definition) is 4. The molecule has 2 aromatic rings. The minimum absolute atomic E-state index is 0.0330. The van der Waals surface area contributed by atoms with Gasteiger partial charge in [-0.3, -0.25) is 9.59 Å². The van der Waals surface area contributed by atoms with Gasteiger partial charge in [-0.2, -0.15) is 0 Å². The Balaban J connectivity index is 1.70. The Hall–Kier alpha value is -3.09. The first-order valence-corrected chi connectivity index (χ1v) is 9.19. The van der Waals surface area contributed by atoms with Crippen molar-refractivity contribution < 1.29 is 23.9 Å². The number of benzene rings is 1. The van der Waals surface area contributed by atoms with Crippen LogP contribution in [0.2, 0.25) is 0 Å². The number of nitrogens with zero attached hydrogens (tertiary/aromatic N) is 2. The van der Waals surface area contributed by atoms with Gasteiger partial charge in [0.15, 0.2) is 0 Å². The van der Waals surface area contributed by atoms with Crippen LogP contribution in [0.1, 0.15) is 45.8 Å². The van der Waals surface area contributed by atoms with Crippen LogP contribution in [0.15, 0.2) is 34.7 Å². The monoisotopic (exact) mass is 384 g/mol.